The summed E-state index contributed by atoms with van der Waals surface area (Å²) in [7, 11) is 0. The number of hydrogen-bond acceptors (Lipinski definition) is 4. The Labute approximate surface area is 159 Å². The number of alkyl halides is 3. The predicted octanol–water partition coefficient (Wildman–Crippen LogP) is 3.30. The van der Waals surface area contributed by atoms with Gasteiger partial charge in [0.15, 0.2) is 0 Å². The molecule has 1 atom stereocenters. The van der Waals surface area contributed by atoms with Crippen molar-refractivity contribution in [2.24, 2.45) is 5.73 Å². The van der Waals surface area contributed by atoms with Gasteiger partial charge in [-0.15, -0.1) is 13.2 Å². The van der Waals surface area contributed by atoms with Gasteiger partial charge in [0.2, 0.25) is 5.91 Å². The number of benzene rings is 1. The van der Waals surface area contributed by atoms with Gasteiger partial charge in [0.05, 0.1) is 6.04 Å². The summed E-state index contributed by atoms with van der Waals surface area (Å²) < 4.78 is 41.0. The van der Waals surface area contributed by atoms with Crippen LogP contribution in [0, 0.1) is 0 Å². The summed E-state index contributed by atoms with van der Waals surface area (Å²) in [6.07, 6.45) is -2.13. The molecule has 1 rings (SSSR count). The summed E-state index contributed by atoms with van der Waals surface area (Å²) in [5.41, 5.74) is 6.06. The molecule has 0 heterocycles. The second kappa shape index (κ2) is 9.31. The lowest BCUT2D eigenvalue weighted by Crippen LogP contribution is -2.29. The maximum atomic E-state index is 12.4. The maximum absolute atomic E-state index is 12.4. The molecule has 0 aliphatic heterocycles. The zero-order chi connectivity index (χ0) is 20.8. The highest BCUT2D eigenvalue weighted by Crippen LogP contribution is 2.29. The van der Waals surface area contributed by atoms with Gasteiger partial charge in [0.1, 0.15) is 11.6 Å². The molecule has 0 aromatic heterocycles. The van der Waals surface area contributed by atoms with Gasteiger partial charge in [-0.1, -0.05) is 17.7 Å². The lowest BCUT2D eigenvalue weighted by atomic mass is 10.1. The fraction of sp³-hybridized carbons (Fsp3) is 0.294. The minimum absolute atomic E-state index is 0.0221. The second-order valence-electron chi connectivity index (χ2n) is 5.49. The molecular formula is C17H19ClF3N3O3. The first-order valence-corrected chi connectivity index (χ1v) is 8.07. The molecule has 0 radical (unpaired) electrons. The lowest BCUT2D eigenvalue weighted by Gasteiger charge is -2.17. The normalized spacial score (nSPS) is 13.7. The second-order valence-corrected chi connectivity index (χ2v) is 5.92. The minimum atomic E-state index is -4.86. The van der Waals surface area contributed by atoms with Crippen molar-refractivity contribution in [1.29, 1.82) is 0 Å². The number of ether oxygens (including phenoxy) is 1. The van der Waals surface area contributed by atoms with Crippen LogP contribution in [0.15, 0.2) is 41.7 Å². The third-order valence-corrected chi connectivity index (χ3v) is 3.40. The van der Waals surface area contributed by atoms with E-state index in [0.29, 0.717) is 5.56 Å². The average Bonchev–Trinajstić information content (AvgIpc) is 2.49. The molecule has 0 saturated heterocycles. The molecule has 1 aromatic carbocycles. The third kappa shape index (κ3) is 8.04. The Morgan fingerprint density at radius 3 is 2.44 bits per heavy atom. The maximum Gasteiger partial charge on any atom is 0.573 e. The van der Waals surface area contributed by atoms with E-state index in [1.807, 2.05) is 0 Å². The highest BCUT2D eigenvalue weighted by atomic mass is 35.5. The van der Waals surface area contributed by atoms with Crippen LogP contribution in [0.2, 0.25) is 5.02 Å². The molecule has 0 fully saturated rings. The van der Waals surface area contributed by atoms with Crippen LogP contribution in [-0.4, -0.2) is 18.2 Å². The van der Waals surface area contributed by atoms with Gasteiger partial charge in [-0.2, -0.15) is 0 Å². The molecule has 10 heteroatoms. The van der Waals surface area contributed by atoms with E-state index < -0.39 is 30.0 Å². The lowest BCUT2D eigenvalue weighted by molar-refractivity contribution is -0.274. The Morgan fingerprint density at radius 1 is 1.30 bits per heavy atom. The van der Waals surface area contributed by atoms with Crippen LogP contribution in [0.4, 0.5) is 13.2 Å². The predicted molar refractivity (Wildman–Crippen MR) is 94.5 cm³/mol. The Hall–Kier alpha value is -2.68. The molecule has 1 unspecified atom stereocenters. The van der Waals surface area contributed by atoms with E-state index in [0.717, 1.165) is 12.1 Å². The van der Waals surface area contributed by atoms with Crippen LogP contribution >= 0.6 is 11.6 Å². The van der Waals surface area contributed by atoms with Crippen molar-refractivity contribution in [3.05, 3.63) is 52.3 Å². The molecule has 0 spiro atoms. The molecule has 0 saturated carbocycles. The zero-order valence-electron chi connectivity index (χ0n) is 14.8. The molecule has 0 aliphatic carbocycles. The van der Waals surface area contributed by atoms with Crippen molar-refractivity contribution in [2.75, 3.05) is 0 Å². The third-order valence-electron chi connectivity index (χ3n) is 3.18. The van der Waals surface area contributed by atoms with Crippen molar-refractivity contribution in [3.63, 3.8) is 0 Å². The van der Waals surface area contributed by atoms with Gasteiger partial charge < -0.3 is 21.1 Å². The topological polar surface area (TPSA) is 93.5 Å². The monoisotopic (exact) mass is 405 g/mol. The highest BCUT2D eigenvalue weighted by Gasteiger charge is 2.31. The summed E-state index contributed by atoms with van der Waals surface area (Å²) in [4.78, 5) is 23.3. The summed E-state index contributed by atoms with van der Waals surface area (Å²) in [5.74, 6) is -1.46. The fourth-order valence-electron chi connectivity index (χ4n) is 2.08. The molecule has 0 aliphatic rings. The summed E-state index contributed by atoms with van der Waals surface area (Å²) in [5, 5.41) is 4.95. The van der Waals surface area contributed by atoms with E-state index >= 15 is 0 Å². The number of allylic oxidation sites excluding steroid dienone is 1. The number of nitrogens with two attached hydrogens (primary N) is 1. The quantitative estimate of drug-likeness (QED) is 0.500. The van der Waals surface area contributed by atoms with E-state index in [2.05, 4.69) is 15.4 Å². The van der Waals surface area contributed by atoms with Gasteiger partial charge in [0, 0.05) is 17.5 Å². The number of amides is 2. The van der Waals surface area contributed by atoms with Crippen LogP contribution in [0.3, 0.4) is 0 Å². The van der Waals surface area contributed by atoms with Crippen LogP contribution in [0.5, 0.6) is 5.75 Å². The smallest absolute Gasteiger partial charge is 0.406 e. The van der Waals surface area contributed by atoms with E-state index in [4.69, 9.17) is 17.3 Å². The minimum Gasteiger partial charge on any atom is -0.406 e. The molecule has 6 nitrogen and oxygen atoms in total. The van der Waals surface area contributed by atoms with Crippen molar-refractivity contribution >= 4 is 23.4 Å². The van der Waals surface area contributed by atoms with Crippen molar-refractivity contribution < 1.29 is 27.5 Å². The van der Waals surface area contributed by atoms with Gasteiger partial charge in [0.25, 0.3) is 5.91 Å². The fourth-order valence-corrected chi connectivity index (χ4v) is 2.31. The molecule has 148 valence electrons. The summed E-state index contributed by atoms with van der Waals surface area (Å²) in [6.45, 7) is 4.42. The van der Waals surface area contributed by atoms with E-state index in [1.54, 1.807) is 13.8 Å². The van der Waals surface area contributed by atoms with E-state index in [-0.39, 0.29) is 16.4 Å². The van der Waals surface area contributed by atoms with Crippen LogP contribution in [-0.2, 0) is 9.59 Å². The van der Waals surface area contributed by atoms with Gasteiger partial charge in [-0.3, -0.25) is 9.59 Å². The first kappa shape index (κ1) is 22.4. The molecule has 2 amide bonds. The number of carbonyl (C=O) groups excluding carboxylic acids is 2. The largest absolute Gasteiger partial charge is 0.573 e. The van der Waals surface area contributed by atoms with E-state index in [9.17, 15) is 22.8 Å². The first-order chi connectivity index (χ1) is 12.4. The Morgan fingerprint density at radius 2 is 1.93 bits per heavy atom. The van der Waals surface area contributed by atoms with Crippen molar-refractivity contribution in [3.8, 4) is 5.75 Å². The Kier molecular flexibility index (Phi) is 7.71. The molecule has 4 N–H and O–H groups in total. The average molecular weight is 406 g/mol. The van der Waals surface area contributed by atoms with Crippen LogP contribution < -0.4 is 21.1 Å². The molecular weight excluding hydrogens is 387 g/mol. The van der Waals surface area contributed by atoms with Crippen molar-refractivity contribution in [2.45, 2.75) is 33.2 Å². The Balaban J connectivity index is 2.95. The SMILES string of the molecule is C/C=C(\C=C(/N)NC(C)=O)C(=O)NC(C)c1cc(Cl)cc(OC(F)(F)F)c1. The molecule has 0 bridgehead atoms. The van der Waals surface area contributed by atoms with Crippen LogP contribution in [0.1, 0.15) is 32.4 Å². The first-order valence-electron chi connectivity index (χ1n) is 7.69. The van der Waals surface area contributed by atoms with Gasteiger partial charge >= 0.3 is 6.36 Å². The number of carbonyl (C=O) groups is 2. The standard InChI is InChI=1S/C17H19ClF3N3O3/c1-4-11(7-15(22)24-10(3)25)16(26)23-9(2)12-5-13(18)8-14(6-12)27-17(19,20)21/h4-9H,22H2,1-3H3,(H,23,26)(H,24,25)/b11-4+,15-7+. The number of rotatable bonds is 6. The zero-order valence-corrected chi connectivity index (χ0v) is 15.5. The number of halogens is 4. The summed E-state index contributed by atoms with van der Waals surface area (Å²) >= 11 is 5.83. The van der Waals surface area contributed by atoms with Crippen LogP contribution in [0.25, 0.3) is 0 Å². The van der Waals surface area contributed by atoms with Gasteiger partial charge in [-0.05, 0) is 43.7 Å². The van der Waals surface area contributed by atoms with Crippen molar-refractivity contribution in [1.82, 2.24) is 10.6 Å². The van der Waals surface area contributed by atoms with E-state index in [1.165, 1.54) is 25.1 Å². The highest BCUT2D eigenvalue weighted by molar-refractivity contribution is 6.30. The number of nitrogens with one attached hydrogen (secondary N) is 2. The number of hydrogen-bond donors (Lipinski definition) is 3. The summed E-state index contributed by atoms with van der Waals surface area (Å²) in [6, 6.07) is 2.87. The molecule has 1 aromatic rings. The molecule has 27 heavy (non-hydrogen) atoms. The Bertz CT molecular complexity index is 776. The van der Waals surface area contributed by atoms with Gasteiger partial charge in [-0.25, -0.2) is 0 Å².